The summed E-state index contributed by atoms with van der Waals surface area (Å²) in [7, 11) is -4.24. The Morgan fingerprint density at radius 1 is 1.21 bits per heavy atom. The molecule has 0 spiro atoms. The number of nitrogens with zero attached hydrogens (tertiary/aromatic N) is 4. The fourth-order valence-corrected chi connectivity index (χ4v) is 6.96. The molecule has 0 bridgehead atoms. The predicted octanol–water partition coefficient (Wildman–Crippen LogP) is 1.97. The minimum absolute atomic E-state index is 0.201. The molecule has 0 saturated heterocycles. The third-order valence-corrected chi connectivity index (χ3v) is 8.85. The zero-order chi connectivity index (χ0) is 27.5. The van der Waals surface area contributed by atoms with Crippen molar-refractivity contribution >= 4 is 30.7 Å². The molecule has 5 N–H and O–H groups in total. The van der Waals surface area contributed by atoms with Crippen LogP contribution in [0.2, 0.25) is 0 Å². The monoisotopic (exact) mass is 546 g/mol. The fraction of sp³-hybridized carbons (Fsp3) is 0.500. The highest BCUT2D eigenvalue weighted by Crippen LogP contribution is 2.69. The standard InChI is InChI=1S/C24H31N6O7P/c1-13(2)35-22(31)14(3)29-38(34,36-15-8-6-5-7-9-15)37-19-16-10-17(23(4,32)24(16,19)33)30-12-28-18-20(25)26-11-27-21(18)30/h5-9,11-14,16-17,19,32-33H,10H2,1-4H3,(H,29,34)(H2,25,26,27)/t14-,16+,17+,19?,23-,24-,38+/m0/s1. The average molecular weight is 547 g/mol. The largest absolute Gasteiger partial charge is 0.462 e. The van der Waals surface area contributed by atoms with Crippen molar-refractivity contribution < 1.29 is 33.4 Å². The second-order valence-corrected chi connectivity index (χ2v) is 11.8. The highest BCUT2D eigenvalue weighted by molar-refractivity contribution is 7.52. The Morgan fingerprint density at radius 3 is 2.55 bits per heavy atom. The number of hydrogen-bond acceptors (Lipinski definition) is 11. The Hall–Kier alpha value is -3.09. The summed E-state index contributed by atoms with van der Waals surface area (Å²) in [5, 5.41) is 25.8. The van der Waals surface area contributed by atoms with Crippen LogP contribution in [0.25, 0.3) is 11.2 Å². The second-order valence-electron chi connectivity index (χ2n) is 10.2. The number of carbonyl (C=O) groups is 1. The molecule has 204 valence electrons. The first-order chi connectivity index (χ1) is 17.9. The molecule has 2 aromatic heterocycles. The summed E-state index contributed by atoms with van der Waals surface area (Å²) in [6.07, 6.45) is 1.64. The van der Waals surface area contributed by atoms with Crippen LogP contribution in [0.15, 0.2) is 43.0 Å². The van der Waals surface area contributed by atoms with Crippen LogP contribution in [0.5, 0.6) is 5.75 Å². The van der Waals surface area contributed by atoms with Crippen molar-refractivity contribution in [2.45, 2.75) is 69.6 Å². The minimum atomic E-state index is -4.24. The van der Waals surface area contributed by atoms with Gasteiger partial charge in [-0.1, -0.05) is 18.2 Å². The van der Waals surface area contributed by atoms with Crippen molar-refractivity contribution in [3.8, 4) is 5.75 Å². The third-order valence-electron chi connectivity index (χ3n) is 7.19. The van der Waals surface area contributed by atoms with Crippen molar-refractivity contribution in [1.82, 2.24) is 24.6 Å². The van der Waals surface area contributed by atoms with Crippen LogP contribution < -0.4 is 15.3 Å². The number of fused-ring (bicyclic) bond motifs is 2. The number of para-hydroxylation sites is 1. The van der Waals surface area contributed by atoms with Gasteiger partial charge in [0.25, 0.3) is 0 Å². The number of rotatable bonds is 9. The topological polar surface area (TPSA) is 184 Å². The van der Waals surface area contributed by atoms with E-state index in [0.29, 0.717) is 11.2 Å². The van der Waals surface area contributed by atoms with Crippen LogP contribution in [0.4, 0.5) is 5.82 Å². The number of esters is 1. The first-order valence-electron chi connectivity index (χ1n) is 12.3. The molecule has 14 heteroatoms. The number of nitrogens with two attached hydrogens (primary N) is 1. The van der Waals surface area contributed by atoms with E-state index in [1.165, 1.54) is 26.5 Å². The van der Waals surface area contributed by atoms with E-state index < -0.39 is 49.0 Å². The van der Waals surface area contributed by atoms with E-state index >= 15 is 0 Å². The molecule has 7 atom stereocenters. The average Bonchev–Trinajstić information content (AvgIpc) is 3.12. The number of benzene rings is 1. The van der Waals surface area contributed by atoms with Gasteiger partial charge < -0.3 is 29.8 Å². The number of anilines is 1. The van der Waals surface area contributed by atoms with Gasteiger partial charge in [-0.3, -0.25) is 9.32 Å². The maximum atomic E-state index is 13.9. The molecule has 2 heterocycles. The molecule has 0 amide bonds. The van der Waals surface area contributed by atoms with Crippen molar-refractivity contribution in [2.75, 3.05) is 5.73 Å². The Bertz CT molecular complexity index is 1400. The molecule has 1 aromatic carbocycles. The summed E-state index contributed by atoms with van der Waals surface area (Å²) >= 11 is 0. The zero-order valence-electron chi connectivity index (χ0n) is 21.4. The lowest BCUT2D eigenvalue weighted by Gasteiger charge is -2.35. The molecule has 2 saturated carbocycles. The van der Waals surface area contributed by atoms with Crippen LogP contribution in [-0.2, 0) is 18.6 Å². The number of aliphatic hydroxyl groups is 2. The van der Waals surface area contributed by atoms with E-state index in [1.807, 2.05) is 0 Å². The second kappa shape index (κ2) is 9.28. The van der Waals surface area contributed by atoms with E-state index in [2.05, 4.69) is 20.0 Å². The minimum Gasteiger partial charge on any atom is -0.462 e. The van der Waals surface area contributed by atoms with Gasteiger partial charge in [0.05, 0.1) is 18.5 Å². The molecule has 0 radical (unpaired) electrons. The van der Waals surface area contributed by atoms with Gasteiger partial charge in [-0.05, 0) is 46.2 Å². The van der Waals surface area contributed by atoms with E-state index in [0.717, 1.165) is 0 Å². The molecular weight excluding hydrogens is 515 g/mol. The summed E-state index contributed by atoms with van der Waals surface area (Å²) in [6, 6.07) is 6.64. The maximum Gasteiger partial charge on any atom is 0.459 e. The molecular formula is C24H31N6O7P. The smallest absolute Gasteiger partial charge is 0.459 e. The molecule has 38 heavy (non-hydrogen) atoms. The predicted molar refractivity (Wildman–Crippen MR) is 136 cm³/mol. The Balaban J connectivity index is 1.39. The van der Waals surface area contributed by atoms with Gasteiger partial charge in [-0.15, -0.1) is 0 Å². The lowest BCUT2D eigenvalue weighted by Crippen LogP contribution is -2.48. The van der Waals surface area contributed by atoms with Gasteiger partial charge in [0.15, 0.2) is 11.5 Å². The first kappa shape index (κ1) is 26.5. The third kappa shape index (κ3) is 4.34. The van der Waals surface area contributed by atoms with E-state index in [-0.39, 0.29) is 24.1 Å². The van der Waals surface area contributed by atoms with E-state index in [9.17, 15) is 19.6 Å². The van der Waals surface area contributed by atoms with Crippen LogP contribution in [0.3, 0.4) is 0 Å². The lowest BCUT2D eigenvalue weighted by molar-refractivity contribution is -0.149. The van der Waals surface area contributed by atoms with Gasteiger partial charge in [0, 0.05) is 5.92 Å². The number of hydrogen-bond donors (Lipinski definition) is 4. The highest BCUT2D eigenvalue weighted by Gasteiger charge is 2.81. The summed E-state index contributed by atoms with van der Waals surface area (Å²) in [6.45, 7) is 6.35. The number of carbonyl (C=O) groups excluding carboxylic acids is 1. The highest BCUT2D eigenvalue weighted by atomic mass is 31.2. The Labute approximate surface area is 218 Å². The summed E-state index contributed by atoms with van der Waals surface area (Å²) in [4.78, 5) is 24.8. The number of nitrogens with one attached hydrogen (secondary N) is 1. The first-order valence-corrected chi connectivity index (χ1v) is 13.8. The number of nitrogen functional groups attached to an aromatic ring is 1. The number of aromatic nitrogens is 4. The molecule has 0 aliphatic heterocycles. The summed E-state index contributed by atoms with van der Waals surface area (Å²) < 4.78 is 32.4. The molecule has 13 nitrogen and oxygen atoms in total. The molecule has 2 aliphatic carbocycles. The van der Waals surface area contributed by atoms with Crippen molar-refractivity contribution in [2.24, 2.45) is 5.92 Å². The summed E-state index contributed by atoms with van der Waals surface area (Å²) in [5.74, 6) is -0.800. The maximum absolute atomic E-state index is 13.9. The molecule has 5 rings (SSSR count). The van der Waals surface area contributed by atoms with Crippen LogP contribution in [0.1, 0.15) is 40.2 Å². The molecule has 3 aromatic rings. The van der Waals surface area contributed by atoms with Gasteiger partial charge in [-0.25, -0.2) is 19.5 Å². The molecule has 1 unspecified atom stereocenters. The van der Waals surface area contributed by atoms with Crippen molar-refractivity contribution in [3.05, 3.63) is 43.0 Å². The Morgan fingerprint density at radius 2 is 1.92 bits per heavy atom. The van der Waals surface area contributed by atoms with Gasteiger partial charge in [-0.2, -0.15) is 5.09 Å². The van der Waals surface area contributed by atoms with Crippen LogP contribution in [0, 0.1) is 5.92 Å². The fourth-order valence-electron chi connectivity index (χ4n) is 5.22. The van der Waals surface area contributed by atoms with E-state index in [4.69, 9.17) is 19.5 Å². The van der Waals surface area contributed by atoms with Gasteiger partial charge in [0.2, 0.25) is 0 Å². The van der Waals surface area contributed by atoms with E-state index in [1.54, 1.807) is 48.7 Å². The number of imidazole rings is 1. The normalized spacial score (nSPS) is 30.6. The SMILES string of the molecule is CC(C)OC(=O)[C@H](C)N[P@@](=O)(Oc1ccccc1)OC1[C@H]2C[C@@H](n3cnc4c(N)ncnc43)[C@](C)(O)[C@@]12O. The quantitative estimate of drug-likeness (QED) is 0.226. The van der Waals surface area contributed by atoms with Gasteiger partial charge in [0.1, 0.15) is 40.9 Å². The number of ether oxygens (including phenoxy) is 1. The molecule has 2 fully saturated rings. The van der Waals surface area contributed by atoms with Crippen molar-refractivity contribution in [1.29, 1.82) is 0 Å². The Kier molecular flexibility index (Phi) is 6.48. The van der Waals surface area contributed by atoms with Crippen LogP contribution >= 0.6 is 7.75 Å². The van der Waals surface area contributed by atoms with Crippen molar-refractivity contribution in [3.63, 3.8) is 0 Å². The van der Waals surface area contributed by atoms with Gasteiger partial charge >= 0.3 is 13.7 Å². The lowest BCUT2D eigenvalue weighted by atomic mass is 9.91. The van der Waals surface area contributed by atoms with Crippen LogP contribution in [-0.4, -0.2) is 65.2 Å². The zero-order valence-corrected chi connectivity index (χ0v) is 22.3. The summed E-state index contributed by atoms with van der Waals surface area (Å²) in [5.41, 5.74) is 3.22. The molecule has 2 aliphatic rings.